The fourth-order valence-corrected chi connectivity index (χ4v) is 3.92. The molecule has 7 N–H and O–H groups in total. The molecule has 12 heteroatoms. The molecule has 0 aromatic heterocycles. The van der Waals surface area contributed by atoms with E-state index in [0.717, 1.165) is 19.3 Å². The largest absolute Gasteiger partial charge is 0.388 e. The molecule has 2 amide bonds. The molecule has 2 rings (SSSR count). The van der Waals surface area contributed by atoms with Crippen molar-refractivity contribution in [2.24, 2.45) is 5.73 Å². The SMILES string of the molecule is CC(=O)N[C@H]1[C@H](O[C@H]2[C@H](OCCCCCN)O[C@H](C)[C@@H](NC=O)[C@@H]2O)O[C@H](C)[C@@H](O)[C@@H]1O. The van der Waals surface area contributed by atoms with Crippen molar-refractivity contribution >= 4 is 12.3 Å². The van der Waals surface area contributed by atoms with Crippen molar-refractivity contribution in [1.82, 2.24) is 10.6 Å². The summed E-state index contributed by atoms with van der Waals surface area (Å²) in [6.07, 6.45) is -5.68. The minimum Gasteiger partial charge on any atom is -0.388 e. The second kappa shape index (κ2) is 12.8. The Bertz CT molecular complexity index is 599. The molecule has 0 unspecified atom stereocenters. The Hall–Kier alpha value is -1.38. The average Bonchev–Trinajstić information content (AvgIpc) is 2.74. The predicted octanol–water partition coefficient (Wildman–Crippen LogP) is -2.29. The maximum atomic E-state index is 11.6. The molecule has 0 aliphatic carbocycles. The molecule has 32 heavy (non-hydrogen) atoms. The van der Waals surface area contributed by atoms with E-state index in [1.54, 1.807) is 13.8 Å². The second-order valence-electron chi connectivity index (χ2n) is 8.25. The lowest BCUT2D eigenvalue weighted by Gasteiger charge is -2.47. The number of unbranched alkanes of at least 4 members (excludes halogenated alkanes) is 2. The van der Waals surface area contributed by atoms with E-state index in [9.17, 15) is 24.9 Å². The van der Waals surface area contributed by atoms with Gasteiger partial charge in [-0.15, -0.1) is 0 Å². The highest BCUT2D eigenvalue weighted by Crippen LogP contribution is 2.29. The van der Waals surface area contributed by atoms with Crippen LogP contribution in [0.5, 0.6) is 0 Å². The molecule has 2 saturated heterocycles. The van der Waals surface area contributed by atoms with Gasteiger partial charge in [-0.3, -0.25) is 9.59 Å². The van der Waals surface area contributed by atoms with Gasteiger partial charge in [0.2, 0.25) is 12.3 Å². The van der Waals surface area contributed by atoms with Crippen molar-refractivity contribution in [1.29, 1.82) is 0 Å². The summed E-state index contributed by atoms with van der Waals surface area (Å²) in [4.78, 5) is 22.7. The molecule has 2 heterocycles. The summed E-state index contributed by atoms with van der Waals surface area (Å²) < 4.78 is 23.4. The number of aliphatic hydroxyl groups excluding tert-OH is 3. The van der Waals surface area contributed by atoms with Gasteiger partial charge >= 0.3 is 0 Å². The molecule has 10 atom stereocenters. The standard InChI is InChI=1S/C20H37N3O9/c1-10-13(22-9-24)17(28)18(20(30-10)29-8-6-4-5-7-21)32-19-14(23-12(3)25)16(27)15(26)11(2)31-19/h9-11,13-20,26-28H,4-8,21H2,1-3H3,(H,22,24)(H,23,25)/t10-,11-,13-,14-,15-,16-,17+,18-,19+,20-/m1/s1. The second-order valence-corrected chi connectivity index (χ2v) is 8.25. The van der Waals surface area contributed by atoms with E-state index in [1.165, 1.54) is 6.92 Å². The highest BCUT2D eigenvalue weighted by Gasteiger charge is 2.50. The lowest BCUT2D eigenvalue weighted by Crippen LogP contribution is -2.67. The van der Waals surface area contributed by atoms with Crippen LogP contribution in [0.1, 0.15) is 40.0 Å². The number of hydrogen-bond acceptors (Lipinski definition) is 10. The van der Waals surface area contributed by atoms with E-state index in [1.807, 2.05) is 0 Å². The number of rotatable bonds is 11. The van der Waals surface area contributed by atoms with Gasteiger partial charge in [0.15, 0.2) is 12.6 Å². The van der Waals surface area contributed by atoms with Gasteiger partial charge < -0.3 is 50.6 Å². The monoisotopic (exact) mass is 463 g/mol. The number of hydrogen-bond donors (Lipinski definition) is 6. The van der Waals surface area contributed by atoms with E-state index < -0.39 is 67.2 Å². The first-order valence-corrected chi connectivity index (χ1v) is 11.0. The topological polar surface area (TPSA) is 182 Å². The first kappa shape index (κ1) is 26.9. The molecule has 0 saturated carbocycles. The molecule has 0 spiro atoms. The smallest absolute Gasteiger partial charge is 0.217 e. The van der Waals surface area contributed by atoms with Gasteiger partial charge in [0, 0.05) is 13.5 Å². The molecule has 2 aliphatic heterocycles. The molecule has 2 aliphatic rings. The van der Waals surface area contributed by atoms with E-state index in [0.29, 0.717) is 19.6 Å². The number of carbonyl (C=O) groups excluding carboxylic acids is 2. The van der Waals surface area contributed by atoms with E-state index in [2.05, 4.69) is 10.6 Å². The third kappa shape index (κ3) is 6.81. The minimum absolute atomic E-state index is 0.328. The first-order chi connectivity index (χ1) is 15.2. The maximum absolute atomic E-state index is 11.6. The number of aliphatic hydroxyl groups is 3. The summed E-state index contributed by atoms with van der Waals surface area (Å²) in [7, 11) is 0. The summed E-state index contributed by atoms with van der Waals surface area (Å²) in [5, 5.41) is 36.6. The fraction of sp³-hybridized carbons (Fsp3) is 0.900. The van der Waals surface area contributed by atoms with Crippen LogP contribution in [0.4, 0.5) is 0 Å². The molecule has 12 nitrogen and oxygen atoms in total. The normalized spacial score (nSPS) is 40.0. The van der Waals surface area contributed by atoms with Crippen molar-refractivity contribution in [2.45, 2.75) is 101 Å². The predicted molar refractivity (Wildman–Crippen MR) is 111 cm³/mol. The highest BCUT2D eigenvalue weighted by molar-refractivity contribution is 5.73. The van der Waals surface area contributed by atoms with Crippen LogP contribution in [0.25, 0.3) is 0 Å². The molecule has 0 bridgehead atoms. The van der Waals surface area contributed by atoms with Crippen LogP contribution in [0, 0.1) is 0 Å². The molecule has 0 radical (unpaired) electrons. The molecule has 0 aromatic rings. The van der Waals surface area contributed by atoms with Gasteiger partial charge in [-0.1, -0.05) is 0 Å². The van der Waals surface area contributed by atoms with E-state index in [4.69, 9.17) is 24.7 Å². The van der Waals surface area contributed by atoms with Crippen molar-refractivity contribution in [3.8, 4) is 0 Å². The zero-order chi connectivity index (χ0) is 23.8. The van der Waals surface area contributed by atoms with E-state index >= 15 is 0 Å². The van der Waals surface area contributed by atoms with Crippen LogP contribution in [0.2, 0.25) is 0 Å². The zero-order valence-corrected chi connectivity index (χ0v) is 18.8. The van der Waals surface area contributed by atoms with Gasteiger partial charge in [0.25, 0.3) is 0 Å². The Morgan fingerprint density at radius 1 is 1.00 bits per heavy atom. The van der Waals surface area contributed by atoms with Crippen LogP contribution in [0.15, 0.2) is 0 Å². The van der Waals surface area contributed by atoms with Crippen LogP contribution in [-0.2, 0) is 28.5 Å². The molecular weight excluding hydrogens is 426 g/mol. The Kier molecular flexibility index (Phi) is 10.7. The third-order valence-corrected chi connectivity index (χ3v) is 5.72. The number of amides is 2. The summed E-state index contributed by atoms with van der Waals surface area (Å²) in [5.41, 5.74) is 5.50. The van der Waals surface area contributed by atoms with Crippen molar-refractivity contribution < 1.29 is 43.9 Å². The number of carbonyl (C=O) groups is 2. The quantitative estimate of drug-likeness (QED) is 0.144. The van der Waals surface area contributed by atoms with Gasteiger partial charge in [0.1, 0.15) is 30.5 Å². The summed E-state index contributed by atoms with van der Waals surface area (Å²) in [6, 6.07) is -1.89. The van der Waals surface area contributed by atoms with Crippen LogP contribution in [-0.4, -0.2) is 102 Å². The Morgan fingerprint density at radius 2 is 1.69 bits per heavy atom. The Morgan fingerprint density at radius 3 is 2.31 bits per heavy atom. The highest BCUT2D eigenvalue weighted by atomic mass is 16.7. The first-order valence-electron chi connectivity index (χ1n) is 11.0. The van der Waals surface area contributed by atoms with Gasteiger partial charge in [-0.25, -0.2) is 0 Å². The van der Waals surface area contributed by atoms with Gasteiger partial charge in [-0.05, 0) is 39.7 Å². The maximum Gasteiger partial charge on any atom is 0.217 e. The Balaban J connectivity index is 2.19. The fourth-order valence-electron chi connectivity index (χ4n) is 3.92. The molecule has 0 aromatic carbocycles. The lowest BCUT2D eigenvalue weighted by molar-refractivity contribution is -0.338. The van der Waals surface area contributed by atoms with E-state index in [-0.39, 0.29) is 0 Å². The summed E-state index contributed by atoms with van der Waals surface area (Å²) in [6.45, 7) is 5.40. The Labute approximate surface area is 187 Å². The number of ether oxygens (including phenoxy) is 4. The average molecular weight is 464 g/mol. The minimum atomic E-state index is -1.37. The summed E-state index contributed by atoms with van der Waals surface area (Å²) in [5.74, 6) is -0.463. The van der Waals surface area contributed by atoms with Crippen molar-refractivity contribution in [2.75, 3.05) is 13.2 Å². The van der Waals surface area contributed by atoms with Crippen molar-refractivity contribution in [3.05, 3.63) is 0 Å². The molecule has 186 valence electrons. The molecule has 2 fully saturated rings. The lowest BCUT2D eigenvalue weighted by atomic mass is 9.95. The third-order valence-electron chi connectivity index (χ3n) is 5.72. The number of nitrogens with one attached hydrogen (secondary N) is 2. The van der Waals surface area contributed by atoms with Gasteiger partial charge in [-0.2, -0.15) is 0 Å². The number of nitrogens with two attached hydrogens (primary N) is 1. The van der Waals surface area contributed by atoms with Crippen molar-refractivity contribution in [3.63, 3.8) is 0 Å². The van der Waals surface area contributed by atoms with Crippen LogP contribution < -0.4 is 16.4 Å². The molecular formula is C20H37N3O9. The van der Waals surface area contributed by atoms with Crippen LogP contribution in [0.3, 0.4) is 0 Å². The van der Waals surface area contributed by atoms with Gasteiger partial charge in [0.05, 0.1) is 18.2 Å². The summed E-state index contributed by atoms with van der Waals surface area (Å²) >= 11 is 0. The van der Waals surface area contributed by atoms with Crippen LogP contribution >= 0.6 is 0 Å². The zero-order valence-electron chi connectivity index (χ0n) is 18.8.